The van der Waals surface area contributed by atoms with E-state index in [-0.39, 0.29) is 6.54 Å². The van der Waals surface area contributed by atoms with Crippen molar-refractivity contribution in [3.63, 3.8) is 0 Å². The van der Waals surface area contributed by atoms with Gasteiger partial charge in [0.2, 0.25) is 10.0 Å². The molecule has 0 aromatic heterocycles. The molecule has 1 aromatic carbocycles. The zero-order valence-corrected chi connectivity index (χ0v) is 12.5. The molecule has 0 saturated heterocycles. The highest BCUT2D eigenvalue weighted by Gasteiger charge is 2.18. The van der Waals surface area contributed by atoms with Gasteiger partial charge in [0, 0.05) is 12.6 Å². The largest absolute Gasteiger partial charge is 0.243 e. The molecule has 1 aromatic rings. The standard InChI is InChI=1S/C14H21F2NO2S/c1-2-3-4-5-6-7-10-17-20(18,19)14-9-8-12(15)11-13(14)16/h8-9,11,17H,2-7,10H2,1H3. The Morgan fingerprint density at radius 3 is 2.35 bits per heavy atom. The van der Waals surface area contributed by atoms with Crippen LogP contribution in [0.5, 0.6) is 0 Å². The lowest BCUT2D eigenvalue weighted by molar-refractivity contribution is 0.539. The van der Waals surface area contributed by atoms with E-state index in [4.69, 9.17) is 0 Å². The highest BCUT2D eigenvalue weighted by atomic mass is 32.2. The van der Waals surface area contributed by atoms with Crippen molar-refractivity contribution in [3.05, 3.63) is 29.8 Å². The monoisotopic (exact) mass is 305 g/mol. The zero-order valence-electron chi connectivity index (χ0n) is 11.7. The minimum Gasteiger partial charge on any atom is -0.211 e. The zero-order chi connectivity index (χ0) is 15.0. The predicted molar refractivity (Wildman–Crippen MR) is 74.9 cm³/mol. The first-order chi connectivity index (χ1) is 9.47. The van der Waals surface area contributed by atoms with E-state index in [1.807, 2.05) is 0 Å². The van der Waals surface area contributed by atoms with Gasteiger partial charge in [-0.25, -0.2) is 21.9 Å². The van der Waals surface area contributed by atoms with Crippen LogP contribution in [0.2, 0.25) is 0 Å². The summed E-state index contributed by atoms with van der Waals surface area (Å²) < 4.78 is 52.1. The van der Waals surface area contributed by atoms with Crippen LogP contribution in [0.25, 0.3) is 0 Å². The predicted octanol–water partition coefficient (Wildman–Crippen LogP) is 3.60. The number of sulfonamides is 1. The van der Waals surface area contributed by atoms with Crippen LogP contribution in [0.4, 0.5) is 8.78 Å². The number of hydrogen-bond acceptors (Lipinski definition) is 2. The van der Waals surface area contributed by atoms with Crippen LogP contribution in [-0.4, -0.2) is 15.0 Å². The molecular formula is C14H21F2NO2S. The Morgan fingerprint density at radius 1 is 1.05 bits per heavy atom. The molecule has 0 heterocycles. The van der Waals surface area contributed by atoms with Gasteiger partial charge in [-0.2, -0.15) is 0 Å². The number of halogens is 2. The van der Waals surface area contributed by atoms with Gasteiger partial charge in [0.25, 0.3) is 0 Å². The maximum absolute atomic E-state index is 13.4. The van der Waals surface area contributed by atoms with Gasteiger partial charge in [-0.05, 0) is 18.6 Å². The van der Waals surface area contributed by atoms with Crippen LogP contribution in [-0.2, 0) is 10.0 Å². The van der Waals surface area contributed by atoms with Crippen molar-refractivity contribution in [2.45, 2.75) is 50.3 Å². The van der Waals surface area contributed by atoms with E-state index < -0.39 is 26.6 Å². The number of nitrogens with one attached hydrogen (secondary N) is 1. The van der Waals surface area contributed by atoms with Gasteiger partial charge in [-0.1, -0.05) is 39.0 Å². The van der Waals surface area contributed by atoms with Gasteiger partial charge in [-0.3, -0.25) is 0 Å². The summed E-state index contributed by atoms with van der Waals surface area (Å²) in [5, 5.41) is 0. The number of rotatable bonds is 9. The molecule has 0 fully saturated rings. The van der Waals surface area contributed by atoms with E-state index in [1.165, 1.54) is 6.42 Å². The average molecular weight is 305 g/mol. The summed E-state index contributed by atoms with van der Waals surface area (Å²) in [6.07, 6.45) is 6.22. The highest BCUT2D eigenvalue weighted by molar-refractivity contribution is 7.89. The molecule has 20 heavy (non-hydrogen) atoms. The molecule has 0 aliphatic carbocycles. The Labute approximate surface area is 119 Å². The van der Waals surface area contributed by atoms with E-state index in [2.05, 4.69) is 11.6 Å². The second-order valence-corrected chi connectivity index (χ2v) is 6.48. The number of unbranched alkanes of at least 4 members (excludes halogenated alkanes) is 5. The summed E-state index contributed by atoms with van der Waals surface area (Å²) in [6.45, 7) is 2.40. The second-order valence-electron chi connectivity index (χ2n) is 4.74. The summed E-state index contributed by atoms with van der Waals surface area (Å²) in [6, 6.07) is 2.44. The average Bonchev–Trinajstić information content (AvgIpc) is 2.37. The van der Waals surface area contributed by atoms with Crippen molar-refractivity contribution in [1.82, 2.24) is 4.72 Å². The van der Waals surface area contributed by atoms with Crippen LogP contribution < -0.4 is 4.72 Å². The van der Waals surface area contributed by atoms with E-state index in [1.54, 1.807) is 0 Å². The highest BCUT2D eigenvalue weighted by Crippen LogP contribution is 2.15. The van der Waals surface area contributed by atoms with Crippen molar-refractivity contribution in [2.75, 3.05) is 6.54 Å². The first kappa shape index (κ1) is 17.0. The van der Waals surface area contributed by atoms with Gasteiger partial charge in [0.15, 0.2) is 0 Å². The summed E-state index contributed by atoms with van der Waals surface area (Å²) in [5.41, 5.74) is 0. The minimum atomic E-state index is -3.90. The second kappa shape index (κ2) is 8.32. The molecule has 0 aliphatic heterocycles. The Bertz CT molecular complexity index is 518. The van der Waals surface area contributed by atoms with E-state index >= 15 is 0 Å². The van der Waals surface area contributed by atoms with Crippen molar-refractivity contribution >= 4 is 10.0 Å². The van der Waals surface area contributed by atoms with Crippen LogP contribution in [0.1, 0.15) is 45.4 Å². The van der Waals surface area contributed by atoms with Crippen molar-refractivity contribution in [3.8, 4) is 0 Å². The van der Waals surface area contributed by atoms with Crippen LogP contribution in [0, 0.1) is 11.6 Å². The van der Waals surface area contributed by atoms with Crippen LogP contribution >= 0.6 is 0 Å². The molecular weight excluding hydrogens is 284 g/mol. The Morgan fingerprint density at radius 2 is 1.70 bits per heavy atom. The number of hydrogen-bond donors (Lipinski definition) is 1. The first-order valence-electron chi connectivity index (χ1n) is 6.92. The van der Waals surface area contributed by atoms with E-state index in [9.17, 15) is 17.2 Å². The van der Waals surface area contributed by atoms with Gasteiger partial charge in [-0.15, -0.1) is 0 Å². The molecule has 3 nitrogen and oxygen atoms in total. The van der Waals surface area contributed by atoms with E-state index in [0.717, 1.165) is 37.8 Å². The van der Waals surface area contributed by atoms with Crippen molar-refractivity contribution < 1.29 is 17.2 Å². The van der Waals surface area contributed by atoms with Gasteiger partial charge in [0.05, 0.1) is 0 Å². The van der Waals surface area contributed by atoms with Gasteiger partial charge < -0.3 is 0 Å². The molecule has 0 saturated carbocycles. The minimum absolute atomic E-state index is 0.269. The molecule has 0 atom stereocenters. The summed E-state index contributed by atoms with van der Waals surface area (Å²) in [4.78, 5) is -0.509. The molecule has 6 heteroatoms. The number of benzene rings is 1. The van der Waals surface area contributed by atoms with Crippen molar-refractivity contribution in [2.24, 2.45) is 0 Å². The smallest absolute Gasteiger partial charge is 0.211 e. The maximum atomic E-state index is 13.4. The van der Waals surface area contributed by atoms with Crippen LogP contribution in [0.3, 0.4) is 0 Å². The molecule has 0 aliphatic rings. The fourth-order valence-electron chi connectivity index (χ4n) is 1.88. The maximum Gasteiger partial charge on any atom is 0.243 e. The quantitative estimate of drug-likeness (QED) is 0.709. The molecule has 0 bridgehead atoms. The molecule has 0 radical (unpaired) electrons. The SMILES string of the molecule is CCCCCCCCNS(=O)(=O)c1ccc(F)cc1F. The first-order valence-corrected chi connectivity index (χ1v) is 8.40. The molecule has 1 N–H and O–H groups in total. The van der Waals surface area contributed by atoms with Crippen LogP contribution in [0.15, 0.2) is 23.1 Å². The van der Waals surface area contributed by atoms with Gasteiger partial charge >= 0.3 is 0 Å². The topological polar surface area (TPSA) is 46.2 Å². The summed E-state index contributed by atoms with van der Waals surface area (Å²) in [5.74, 6) is -1.86. The molecule has 0 amide bonds. The molecule has 114 valence electrons. The molecule has 1 rings (SSSR count). The summed E-state index contributed by atoms with van der Waals surface area (Å²) >= 11 is 0. The normalized spacial score (nSPS) is 11.8. The fourth-order valence-corrected chi connectivity index (χ4v) is 3.01. The van der Waals surface area contributed by atoms with E-state index in [0.29, 0.717) is 12.5 Å². The van der Waals surface area contributed by atoms with Crippen molar-refractivity contribution in [1.29, 1.82) is 0 Å². The lowest BCUT2D eigenvalue weighted by Gasteiger charge is -2.07. The third-order valence-corrected chi connectivity index (χ3v) is 4.50. The third-order valence-electron chi connectivity index (χ3n) is 3.01. The lowest BCUT2D eigenvalue weighted by atomic mass is 10.1. The third kappa shape index (κ3) is 5.54. The Kier molecular flexibility index (Phi) is 7.09. The van der Waals surface area contributed by atoms with Gasteiger partial charge in [0.1, 0.15) is 16.5 Å². The molecule has 0 unspecified atom stereocenters. The Hall–Kier alpha value is -1.01. The molecule has 0 spiro atoms. The Balaban J connectivity index is 2.42. The summed E-state index contributed by atoms with van der Waals surface area (Å²) in [7, 11) is -3.90. The fraction of sp³-hybridized carbons (Fsp3) is 0.571. The lowest BCUT2D eigenvalue weighted by Crippen LogP contribution is -2.25.